The highest BCUT2D eigenvalue weighted by Gasteiger charge is 2.41. The van der Waals surface area contributed by atoms with Crippen LogP contribution in [0.4, 0.5) is 11.4 Å². The molecule has 2 heterocycles. The Morgan fingerprint density at radius 2 is 1.66 bits per heavy atom. The fourth-order valence-corrected chi connectivity index (χ4v) is 4.48. The lowest BCUT2D eigenvalue weighted by Gasteiger charge is -2.18. The number of hydrogen-bond donors (Lipinski definition) is 1. The number of hydrogen-bond acceptors (Lipinski definition) is 4. The van der Waals surface area contributed by atoms with E-state index in [9.17, 15) is 9.59 Å². The van der Waals surface area contributed by atoms with Gasteiger partial charge in [-0.3, -0.25) is 9.59 Å². The third kappa shape index (κ3) is 3.48. The van der Waals surface area contributed by atoms with Gasteiger partial charge in [-0.15, -0.1) is 11.3 Å². The van der Waals surface area contributed by atoms with Gasteiger partial charge in [-0.25, -0.2) is 4.90 Å². The smallest absolute Gasteiger partial charge is 0.282 e. The topological polar surface area (TPSA) is 49.4 Å². The largest absolute Gasteiger partial charge is 0.350 e. The van der Waals surface area contributed by atoms with E-state index < -0.39 is 0 Å². The van der Waals surface area contributed by atoms with Crippen LogP contribution in [0.25, 0.3) is 5.57 Å². The molecule has 0 radical (unpaired) electrons. The van der Waals surface area contributed by atoms with Gasteiger partial charge in [0.05, 0.1) is 11.3 Å². The maximum Gasteiger partial charge on any atom is 0.282 e. The fourth-order valence-electron chi connectivity index (χ4n) is 3.54. The maximum atomic E-state index is 13.4. The van der Waals surface area contributed by atoms with Crippen LogP contribution in [0.5, 0.6) is 0 Å². The number of nitrogens with zero attached hydrogens (tertiary/aromatic N) is 1. The molecule has 4 rings (SSSR count). The third-order valence-electron chi connectivity index (χ3n) is 4.82. The molecule has 6 heteroatoms. The maximum absolute atomic E-state index is 13.4. The van der Waals surface area contributed by atoms with Crippen molar-refractivity contribution in [2.24, 2.45) is 0 Å². The molecule has 1 aromatic heterocycles. The number of amides is 2. The molecule has 2 aromatic carbocycles. The van der Waals surface area contributed by atoms with Crippen LogP contribution in [0, 0.1) is 20.8 Å². The Hall–Kier alpha value is -2.89. The van der Waals surface area contributed by atoms with Gasteiger partial charge in [0.15, 0.2) is 0 Å². The number of imide groups is 1. The number of carbonyl (C=O) groups excluding carboxylic acids is 2. The summed E-state index contributed by atoms with van der Waals surface area (Å²) >= 11 is 7.68. The zero-order valence-corrected chi connectivity index (χ0v) is 17.8. The minimum absolute atomic E-state index is 0.279. The van der Waals surface area contributed by atoms with Gasteiger partial charge in [0, 0.05) is 15.6 Å². The first-order valence-corrected chi connectivity index (χ1v) is 10.4. The lowest BCUT2D eigenvalue weighted by Crippen LogP contribution is -2.33. The van der Waals surface area contributed by atoms with Crippen molar-refractivity contribution >= 4 is 51.7 Å². The molecule has 0 saturated carbocycles. The van der Waals surface area contributed by atoms with E-state index in [1.54, 1.807) is 25.1 Å². The van der Waals surface area contributed by atoms with Gasteiger partial charge < -0.3 is 5.32 Å². The van der Waals surface area contributed by atoms with Crippen LogP contribution in [0.2, 0.25) is 5.02 Å². The Labute approximate surface area is 178 Å². The third-order valence-corrected chi connectivity index (χ3v) is 6.12. The Morgan fingerprint density at radius 3 is 2.31 bits per heavy atom. The van der Waals surface area contributed by atoms with Crippen LogP contribution in [0.3, 0.4) is 0 Å². The molecule has 3 aromatic rings. The molecule has 1 aliphatic rings. The molecule has 0 saturated heterocycles. The molecule has 0 unspecified atom stereocenters. The van der Waals surface area contributed by atoms with Crippen molar-refractivity contribution in [3.05, 3.63) is 86.2 Å². The quantitative estimate of drug-likeness (QED) is 0.547. The second-order valence-corrected chi connectivity index (χ2v) is 8.41. The standard InChI is InChI=1S/C23H19ClN2O2S/c1-13-10-14(2)12-16(11-13)25-21-20(19-8-5-9-29-19)22(27)26(23(21)28)18-7-4-6-17(24)15(18)3/h4-12,25H,1-3H3. The number of anilines is 2. The van der Waals surface area contributed by atoms with Crippen molar-refractivity contribution in [1.29, 1.82) is 0 Å². The summed E-state index contributed by atoms with van der Waals surface area (Å²) in [6.45, 7) is 5.80. The van der Waals surface area contributed by atoms with Crippen molar-refractivity contribution in [3.63, 3.8) is 0 Å². The predicted molar refractivity (Wildman–Crippen MR) is 119 cm³/mol. The van der Waals surface area contributed by atoms with Gasteiger partial charge in [0.25, 0.3) is 11.8 Å². The highest BCUT2D eigenvalue weighted by atomic mass is 35.5. The first-order chi connectivity index (χ1) is 13.9. The Balaban J connectivity index is 1.84. The Kier molecular flexibility index (Phi) is 5.03. The SMILES string of the molecule is Cc1cc(C)cc(NC2=C(c3cccs3)C(=O)N(c3cccc(Cl)c3C)C2=O)c1. The van der Waals surface area contributed by atoms with Crippen LogP contribution in [0.1, 0.15) is 21.6 Å². The lowest BCUT2D eigenvalue weighted by atomic mass is 10.1. The first-order valence-electron chi connectivity index (χ1n) is 9.14. The molecule has 146 valence electrons. The molecule has 0 aliphatic carbocycles. The summed E-state index contributed by atoms with van der Waals surface area (Å²) in [6.07, 6.45) is 0. The average Bonchev–Trinajstić information content (AvgIpc) is 3.25. The van der Waals surface area contributed by atoms with E-state index in [4.69, 9.17) is 11.6 Å². The van der Waals surface area contributed by atoms with Crippen molar-refractivity contribution in [2.75, 3.05) is 10.2 Å². The zero-order valence-electron chi connectivity index (χ0n) is 16.2. The molecule has 0 atom stereocenters. The molecular formula is C23H19ClN2O2S. The normalized spacial score (nSPS) is 14.1. The van der Waals surface area contributed by atoms with E-state index in [-0.39, 0.29) is 17.5 Å². The summed E-state index contributed by atoms with van der Waals surface area (Å²) in [5.74, 6) is -0.738. The van der Waals surface area contributed by atoms with E-state index in [0.29, 0.717) is 21.8 Å². The van der Waals surface area contributed by atoms with Crippen molar-refractivity contribution in [2.45, 2.75) is 20.8 Å². The second kappa shape index (κ2) is 7.50. The first kappa shape index (κ1) is 19.4. The van der Waals surface area contributed by atoms with Crippen molar-refractivity contribution < 1.29 is 9.59 Å². The van der Waals surface area contributed by atoms with Gasteiger partial charge >= 0.3 is 0 Å². The number of halogens is 1. The monoisotopic (exact) mass is 422 g/mol. The summed E-state index contributed by atoms with van der Waals surface area (Å²) < 4.78 is 0. The second-order valence-electron chi connectivity index (χ2n) is 7.06. The summed E-state index contributed by atoms with van der Waals surface area (Å²) in [7, 11) is 0. The van der Waals surface area contributed by atoms with Crippen LogP contribution in [-0.2, 0) is 9.59 Å². The summed E-state index contributed by atoms with van der Waals surface area (Å²) in [4.78, 5) is 28.7. The number of nitrogens with one attached hydrogen (secondary N) is 1. The van der Waals surface area contributed by atoms with Crippen LogP contribution in [-0.4, -0.2) is 11.8 Å². The van der Waals surface area contributed by atoms with Gasteiger partial charge in [-0.1, -0.05) is 29.8 Å². The Bertz CT molecular complexity index is 1150. The van der Waals surface area contributed by atoms with E-state index in [1.807, 2.05) is 43.5 Å². The number of benzene rings is 2. The van der Waals surface area contributed by atoms with Gasteiger partial charge in [0.1, 0.15) is 5.70 Å². The van der Waals surface area contributed by atoms with Crippen LogP contribution in [0.15, 0.2) is 59.6 Å². The summed E-state index contributed by atoms with van der Waals surface area (Å²) in [5.41, 5.74) is 4.77. The number of aryl methyl sites for hydroxylation is 2. The van der Waals surface area contributed by atoms with Crippen LogP contribution >= 0.6 is 22.9 Å². The predicted octanol–water partition coefficient (Wildman–Crippen LogP) is 5.72. The van der Waals surface area contributed by atoms with E-state index in [2.05, 4.69) is 11.4 Å². The molecule has 1 aliphatic heterocycles. The van der Waals surface area contributed by atoms with Gasteiger partial charge in [0.2, 0.25) is 0 Å². The zero-order chi connectivity index (χ0) is 20.7. The van der Waals surface area contributed by atoms with Gasteiger partial charge in [-0.2, -0.15) is 0 Å². The molecule has 2 amide bonds. The van der Waals surface area contributed by atoms with E-state index in [0.717, 1.165) is 21.7 Å². The fraction of sp³-hybridized carbons (Fsp3) is 0.130. The van der Waals surface area contributed by atoms with E-state index in [1.165, 1.54) is 16.2 Å². The number of thiophene rings is 1. The van der Waals surface area contributed by atoms with E-state index >= 15 is 0 Å². The molecule has 0 bridgehead atoms. The molecule has 4 nitrogen and oxygen atoms in total. The minimum atomic E-state index is -0.386. The molecule has 0 spiro atoms. The summed E-state index contributed by atoms with van der Waals surface area (Å²) in [5, 5.41) is 5.62. The van der Waals surface area contributed by atoms with Crippen LogP contribution < -0.4 is 10.2 Å². The highest BCUT2D eigenvalue weighted by molar-refractivity contribution is 7.11. The molecule has 29 heavy (non-hydrogen) atoms. The van der Waals surface area contributed by atoms with Gasteiger partial charge in [-0.05, 0) is 73.2 Å². The summed E-state index contributed by atoms with van der Waals surface area (Å²) in [6, 6.07) is 14.9. The van der Waals surface area contributed by atoms with Crippen molar-refractivity contribution in [1.82, 2.24) is 0 Å². The molecule has 1 N–H and O–H groups in total. The lowest BCUT2D eigenvalue weighted by molar-refractivity contribution is -0.120. The number of carbonyl (C=O) groups is 2. The Morgan fingerprint density at radius 1 is 0.931 bits per heavy atom. The highest BCUT2D eigenvalue weighted by Crippen LogP contribution is 2.38. The molecular weight excluding hydrogens is 404 g/mol. The average molecular weight is 423 g/mol. The minimum Gasteiger partial charge on any atom is -0.350 e. The number of rotatable bonds is 4. The molecule has 0 fully saturated rings. The van der Waals surface area contributed by atoms with Crippen molar-refractivity contribution in [3.8, 4) is 0 Å².